The Morgan fingerprint density at radius 3 is 2.90 bits per heavy atom. The molecule has 1 aliphatic heterocycles. The summed E-state index contributed by atoms with van der Waals surface area (Å²) in [6.45, 7) is 4.95. The summed E-state index contributed by atoms with van der Waals surface area (Å²) >= 11 is 0. The second-order valence-electron chi connectivity index (χ2n) is 5.62. The Bertz CT molecular complexity index is 473. The van der Waals surface area contributed by atoms with Crippen LogP contribution in [0.3, 0.4) is 0 Å². The third-order valence-corrected chi connectivity index (χ3v) is 3.25. The number of nitrogens with two attached hydrogens (primary N) is 1. The number of carbonyl (C=O) groups is 1. The van der Waals surface area contributed by atoms with Crippen LogP contribution in [0, 0.1) is 0 Å². The van der Waals surface area contributed by atoms with E-state index in [9.17, 15) is 9.90 Å². The molecule has 1 aromatic rings. The zero-order valence-electron chi connectivity index (χ0n) is 11.9. The van der Waals surface area contributed by atoms with Gasteiger partial charge >= 0.3 is 0 Å². The summed E-state index contributed by atoms with van der Waals surface area (Å²) in [4.78, 5) is 18.3. The van der Waals surface area contributed by atoms with Crippen LogP contribution in [-0.2, 0) is 11.3 Å². The van der Waals surface area contributed by atoms with E-state index in [1.807, 2.05) is 13.8 Å². The summed E-state index contributed by atoms with van der Waals surface area (Å²) in [5.41, 5.74) is 6.31. The van der Waals surface area contributed by atoms with Gasteiger partial charge in [0, 0.05) is 25.8 Å². The predicted octanol–water partition coefficient (Wildman–Crippen LogP) is 0.152. The second-order valence-corrected chi connectivity index (χ2v) is 5.62. The van der Waals surface area contributed by atoms with Gasteiger partial charge in [-0.15, -0.1) is 0 Å². The predicted molar refractivity (Wildman–Crippen MR) is 74.1 cm³/mol. The van der Waals surface area contributed by atoms with Gasteiger partial charge in [0.15, 0.2) is 0 Å². The maximum atomic E-state index is 12.4. The van der Waals surface area contributed by atoms with Gasteiger partial charge in [0.05, 0.1) is 18.3 Å². The maximum absolute atomic E-state index is 12.4. The number of hydrogen-bond donors (Lipinski definition) is 2. The summed E-state index contributed by atoms with van der Waals surface area (Å²) in [7, 11) is 0. The molecule has 20 heavy (non-hydrogen) atoms. The van der Waals surface area contributed by atoms with Crippen LogP contribution in [0.25, 0.3) is 0 Å². The highest BCUT2D eigenvalue weighted by atomic mass is 16.5. The first kappa shape index (κ1) is 14.9. The molecule has 1 amide bonds. The molecule has 1 unspecified atom stereocenters. The number of aliphatic hydroxyl groups excluding tert-OH is 1. The zero-order valence-corrected chi connectivity index (χ0v) is 11.9. The Balaban J connectivity index is 2.14. The van der Waals surface area contributed by atoms with E-state index < -0.39 is 5.60 Å². The Morgan fingerprint density at radius 2 is 2.35 bits per heavy atom. The third kappa shape index (κ3) is 3.33. The first-order chi connectivity index (χ1) is 9.45. The lowest BCUT2D eigenvalue weighted by molar-refractivity contribution is -0.139. The van der Waals surface area contributed by atoms with Crippen LogP contribution >= 0.6 is 0 Å². The van der Waals surface area contributed by atoms with Crippen molar-refractivity contribution in [1.29, 1.82) is 0 Å². The number of amides is 1. The van der Waals surface area contributed by atoms with Crippen LogP contribution in [0.1, 0.15) is 29.9 Å². The van der Waals surface area contributed by atoms with Crippen LogP contribution in [-0.4, -0.2) is 52.3 Å². The van der Waals surface area contributed by atoms with Crippen molar-refractivity contribution in [2.45, 2.75) is 32.1 Å². The average molecular weight is 279 g/mol. The zero-order chi connectivity index (χ0) is 14.8. The molecule has 0 radical (unpaired) electrons. The fourth-order valence-corrected chi connectivity index (χ4v) is 2.38. The SMILES string of the molecule is CC1(C)CN(C(=O)c2ccc(CN)cn2)CC(CO)O1. The number of nitrogens with zero attached hydrogens (tertiary/aromatic N) is 2. The number of aliphatic hydroxyl groups is 1. The van der Waals surface area contributed by atoms with Crippen molar-refractivity contribution in [2.24, 2.45) is 5.73 Å². The van der Waals surface area contributed by atoms with Gasteiger partial charge in [-0.1, -0.05) is 6.07 Å². The van der Waals surface area contributed by atoms with Crippen LogP contribution in [0.4, 0.5) is 0 Å². The van der Waals surface area contributed by atoms with Gasteiger partial charge in [0.1, 0.15) is 5.69 Å². The molecule has 2 rings (SSSR count). The molecule has 6 heteroatoms. The number of pyridine rings is 1. The van der Waals surface area contributed by atoms with E-state index >= 15 is 0 Å². The van der Waals surface area contributed by atoms with E-state index in [4.69, 9.17) is 10.5 Å². The van der Waals surface area contributed by atoms with Gasteiger partial charge in [-0.2, -0.15) is 0 Å². The fraction of sp³-hybridized carbons (Fsp3) is 0.571. The first-order valence-electron chi connectivity index (χ1n) is 6.68. The Hall–Kier alpha value is -1.50. The summed E-state index contributed by atoms with van der Waals surface area (Å²) in [6.07, 6.45) is 1.26. The number of morpholine rings is 1. The highest BCUT2D eigenvalue weighted by Crippen LogP contribution is 2.22. The van der Waals surface area contributed by atoms with E-state index in [1.165, 1.54) is 0 Å². The van der Waals surface area contributed by atoms with Crippen molar-refractivity contribution in [2.75, 3.05) is 19.7 Å². The Labute approximate surface area is 118 Å². The second kappa shape index (κ2) is 5.87. The Kier molecular flexibility index (Phi) is 4.37. The molecule has 0 aliphatic carbocycles. The molecule has 1 saturated heterocycles. The molecule has 0 aromatic carbocycles. The molecule has 3 N–H and O–H groups in total. The monoisotopic (exact) mass is 279 g/mol. The van der Waals surface area contributed by atoms with E-state index in [-0.39, 0.29) is 18.6 Å². The van der Waals surface area contributed by atoms with E-state index in [0.717, 1.165) is 5.56 Å². The lowest BCUT2D eigenvalue weighted by atomic mass is 10.0. The lowest BCUT2D eigenvalue weighted by Gasteiger charge is -2.42. The van der Waals surface area contributed by atoms with Crippen LogP contribution < -0.4 is 5.73 Å². The number of hydrogen-bond acceptors (Lipinski definition) is 5. The largest absolute Gasteiger partial charge is 0.394 e. The molecular formula is C14H21N3O3. The third-order valence-electron chi connectivity index (χ3n) is 3.25. The molecule has 2 heterocycles. The minimum absolute atomic E-state index is 0.104. The van der Waals surface area contributed by atoms with Gasteiger partial charge in [0.25, 0.3) is 5.91 Å². The van der Waals surface area contributed by atoms with Gasteiger partial charge in [-0.05, 0) is 25.5 Å². The minimum Gasteiger partial charge on any atom is -0.394 e. The fourth-order valence-electron chi connectivity index (χ4n) is 2.38. The molecule has 6 nitrogen and oxygen atoms in total. The number of carbonyl (C=O) groups excluding carboxylic acids is 1. The van der Waals surface area contributed by atoms with Gasteiger partial charge < -0.3 is 20.5 Å². The van der Waals surface area contributed by atoms with Crippen molar-refractivity contribution < 1.29 is 14.6 Å². The van der Waals surface area contributed by atoms with Crippen molar-refractivity contribution >= 4 is 5.91 Å². The summed E-state index contributed by atoms with van der Waals surface area (Å²) in [5.74, 6) is -0.150. The molecule has 0 bridgehead atoms. The van der Waals surface area contributed by atoms with Gasteiger partial charge in [-0.3, -0.25) is 9.78 Å². The van der Waals surface area contributed by atoms with Gasteiger partial charge in [-0.25, -0.2) is 0 Å². The molecule has 1 fully saturated rings. The van der Waals surface area contributed by atoms with Crippen LogP contribution in [0.5, 0.6) is 0 Å². The lowest BCUT2D eigenvalue weighted by Crippen LogP contribution is -2.55. The van der Waals surface area contributed by atoms with Crippen LogP contribution in [0.15, 0.2) is 18.3 Å². The van der Waals surface area contributed by atoms with E-state index in [2.05, 4.69) is 4.98 Å². The molecule has 110 valence electrons. The van der Waals surface area contributed by atoms with Crippen molar-refractivity contribution in [3.8, 4) is 0 Å². The van der Waals surface area contributed by atoms with Crippen molar-refractivity contribution in [3.05, 3.63) is 29.6 Å². The summed E-state index contributed by atoms with van der Waals surface area (Å²) in [6, 6.07) is 3.48. The van der Waals surface area contributed by atoms with E-state index in [0.29, 0.717) is 25.3 Å². The molecule has 0 spiro atoms. The maximum Gasteiger partial charge on any atom is 0.272 e. The quantitative estimate of drug-likeness (QED) is 0.822. The highest BCUT2D eigenvalue weighted by molar-refractivity contribution is 5.92. The number of ether oxygens (including phenoxy) is 1. The van der Waals surface area contributed by atoms with Crippen molar-refractivity contribution in [3.63, 3.8) is 0 Å². The minimum atomic E-state index is -0.474. The molecule has 1 aromatic heterocycles. The average Bonchev–Trinajstić information content (AvgIpc) is 2.44. The molecule has 1 atom stereocenters. The van der Waals surface area contributed by atoms with Crippen molar-refractivity contribution in [1.82, 2.24) is 9.88 Å². The molecule has 0 saturated carbocycles. The number of rotatable bonds is 3. The normalized spacial score (nSPS) is 21.8. The van der Waals surface area contributed by atoms with E-state index in [1.54, 1.807) is 23.2 Å². The number of aromatic nitrogens is 1. The molecule has 1 aliphatic rings. The van der Waals surface area contributed by atoms with Gasteiger partial charge in [0.2, 0.25) is 0 Å². The summed E-state index contributed by atoms with van der Waals surface area (Å²) < 4.78 is 5.69. The Morgan fingerprint density at radius 1 is 1.60 bits per heavy atom. The smallest absolute Gasteiger partial charge is 0.272 e. The highest BCUT2D eigenvalue weighted by Gasteiger charge is 2.35. The first-order valence-corrected chi connectivity index (χ1v) is 6.68. The molecular weight excluding hydrogens is 258 g/mol. The van der Waals surface area contributed by atoms with Crippen LogP contribution in [0.2, 0.25) is 0 Å². The topological polar surface area (TPSA) is 88.7 Å². The summed E-state index contributed by atoms with van der Waals surface area (Å²) in [5, 5.41) is 9.27. The standard InChI is InChI=1S/C14H21N3O3/c1-14(2)9-17(7-11(8-18)20-14)13(19)12-4-3-10(5-15)6-16-12/h3-4,6,11,18H,5,7-9,15H2,1-2H3.